The highest BCUT2D eigenvalue weighted by Crippen LogP contribution is 2.26. The molecule has 0 radical (unpaired) electrons. The van der Waals surface area contributed by atoms with Crippen molar-refractivity contribution in [3.05, 3.63) is 33.9 Å². The molecule has 0 saturated carbocycles. The second-order valence-electron chi connectivity index (χ2n) is 5.04. The zero-order valence-corrected chi connectivity index (χ0v) is 12.1. The SMILES string of the molecule is Cc1cc(C)c(C)c(C(O)CNCCC(=O)O)c1C. The molecular weight excluding hydrogens is 242 g/mol. The quantitative estimate of drug-likeness (QED) is 0.688. The molecule has 106 valence electrons. The molecule has 3 N–H and O–H groups in total. The average molecular weight is 265 g/mol. The van der Waals surface area contributed by atoms with E-state index in [0.29, 0.717) is 13.1 Å². The second-order valence-corrected chi connectivity index (χ2v) is 5.04. The normalized spacial score (nSPS) is 12.5. The summed E-state index contributed by atoms with van der Waals surface area (Å²) in [6.07, 6.45) is -0.537. The number of aryl methyl sites for hydroxylation is 2. The summed E-state index contributed by atoms with van der Waals surface area (Å²) >= 11 is 0. The molecule has 19 heavy (non-hydrogen) atoms. The summed E-state index contributed by atoms with van der Waals surface area (Å²) < 4.78 is 0. The zero-order valence-electron chi connectivity index (χ0n) is 12.1. The van der Waals surface area contributed by atoms with Crippen LogP contribution < -0.4 is 5.32 Å². The Labute approximate surface area is 114 Å². The molecule has 0 amide bonds. The lowest BCUT2D eigenvalue weighted by Gasteiger charge is -2.20. The van der Waals surface area contributed by atoms with Gasteiger partial charge in [0.1, 0.15) is 0 Å². The van der Waals surface area contributed by atoms with Crippen LogP contribution in [-0.2, 0) is 4.79 Å². The van der Waals surface area contributed by atoms with Crippen LogP contribution in [0.1, 0.15) is 40.3 Å². The molecular formula is C15H23NO3. The topological polar surface area (TPSA) is 69.6 Å². The molecule has 0 heterocycles. The molecule has 4 nitrogen and oxygen atoms in total. The van der Waals surface area contributed by atoms with Crippen LogP contribution >= 0.6 is 0 Å². The Kier molecular flexibility index (Phi) is 5.51. The predicted octanol–water partition coefficient (Wildman–Crippen LogP) is 2.02. The molecule has 0 saturated heterocycles. The third kappa shape index (κ3) is 4.04. The molecule has 0 bridgehead atoms. The minimum atomic E-state index is -0.833. The van der Waals surface area contributed by atoms with E-state index in [1.165, 1.54) is 11.1 Å². The summed E-state index contributed by atoms with van der Waals surface area (Å²) in [6.45, 7) is 8.84. The van der Waals surface area contributed by atoms with Crippen molar-refractivity contribution in [3.8, 4) is 0 Å². The maximum Gasteiger partial charge on any atom is 0.304 e. The number of hydrogen-bond donors (Lipinski definition) is 3. The summed E-state index contributed by atoms with van der Waals surface area (Å²) in [4.78, 5) is 10.4. The number of carboxylic acids is 1. The molecule has 0 fully saturated rings. The second kappa shape index (κ2) is 6.68. The van der Waals surface area contributed by atoms with Gasteiger partial charge in [-0.25, -0.2) is 0 Å². The van der Waals surface area contributed by atoms with Crippen LogP contribution in [0.2, 0.25) is 0 Å². The minimum absolute atomic E-state index is 0.0670. The maximum absolute atomic E-state index is 10.4. The Morgan fingerprint density at radius 1 is 1.21 bits per heavy atom. The highest BCUT2D eigenvalue weighted by Gasteiger charge is 2.16. The molecule has 0 aromatic heterocycles. The van der Waals surface area contributed by atoms with Gasteiger partial charge in [0.05, 0.1) is 12.5 Å². The maximum atomic E-state index is 10.4. The lowest BCUT2D eigenvalue weighted by atomic mass is 9.91. The van der Waals surface area contributed by atoms with Gasteiger partial charge in [0.2, 0.25) is 0 Å². The highest BCUT2D eigenvalue weighted by atomic mass is 16.4. The number of aliphatic hydroxyl groups is 1. The van der Waals surface area contributed by atoms with Crippen LogP contribution in [0.15, 0.2) is 6.07 Å². The largest absolute Gasteiger partial charge is 0.481 e. The molecule has 1 aromatic rings. The van der Waals surface area contributed by atoms with Gasteiger partial charge < -0.3 is 15.5 Å². The number of nitrogens with one attached hydrogen (secondary N) is 1. The van der Waals surface area contributed by atoms with E-state index < -0.39 is 12.1 Å². The summed E-state index contributed by atoms with van der Waals surface area (Å²) in [5.41, 5.74) is 5.51. The van der Waals surface area contributed by atoms with Gasteiger partial charge in [-0.15, -0.1) is 0 Å². The Hall–Kier alpha value is -1.39. The fourth-order valence-electron chi connectivity index (χ4n) is 2.28. The van der Waals surface area contributed by atoms with Crippen molar-refractivity contribution in [2.45, 2.75) is 40.2 Å². The van der Waals surface area contributed by atoms with Gasteiger partial charge >= 0.3 is 5.97 Å². The van der Waals surface area contributed by atoms with Gasteiger partial charge in [0.25, 0.3) is 0 Å². The van der Waals surface area contributed by atoms with Crippen LogP contribution in [0.25, 0.3) is 0 Å². The van der Waals surface area contributed by atoms with E-state index >= 15 is 0 Å². The lowest BCUT2D eigenvalue weighted by molar-refractivity contribution is -0.136. The number of benzene rings is 1. The number of rotatable bonds is 6. The number of aliphatic carboxylic acids is 1. The monoisotopic (exact) mass is 265 g/mol. The predicted molar refractivity (Wildman–Crippen MR) is 75.5 cm³/mol. The molecule has 1 aromatic carbocycles. The first-order valence-electron chi connectivity index (χ1n) is 6.52. The minimum Gasteiger partial charge on any atom is -0.481 e. The van der Waals surface area contributed by atoms with Crippen LogP contribution in [-0.4, -0.2) is 29.3 Å². The third-order valence-electron chi connectivity index (χ3n) is 3.61. The van der Waals surface area contributed by atoms with E-state index in [1.54, 1.807) is 0 Å². The number of carboxylic acid groups (broad SMARTS) is 1. The lowest BCUT2D eigenvalue weighted by Crippen LogP contribution is -2.25. The van der Waals surface area contributed by atoms with Crippen molar-refractivity contribution in [2.75, 3.05) is 13.1 Å². The summed E-state index contributed by atoms with van der Waals surface area (Å²) in [5.74, 6) is -0.833. The Morgan fingerprint density at radius 3 is 2.21 bits per heavy atom. The average Bonchev–Trinajstić information content (AvgIpc) is 2.32. The van der Waals surface area contributed by atoms with E-state index in [4.69, 9.17) is 5.11 Å². The molecule has 0 aliphatic heterocycles. The Bertz CT molecular complexity index is 443. The van der Waals surface area contributed by atoms with Gasteiger partial charge in [-0.05, 0) is 55.5 Å². The van der Waals surface area contributed by atoms with Gasteiger partial charge in [-0.1, -0.05) is 6.07 Å². The molecule has 4 heteroatoms. The van der Waals surface area contributed by atoms with E-state index in [1.807, 2.05) is 27.7 Å². The first-order chi connectivity index (χ1) is 8.84. The molecule has 0 aliphatic carbocycles. The van der Waals surface area contributed by atoms with Crippen molar-refractivity contribution in [1.29, 1.82) is 0 Å². The Morgan fingerprint density at radius 2 is 1.74 bits per heavy atom. The van der Waals surface area contributed by atoms with Crippen LogP contribution in [0.4, 0.5) is 0 Å². The van der Waals surface area contributed by atoms with E-state index in [9.17, 15) is 9.90 Å². The van der Waals surface area contributed by atoms with Gasteiger partial charge in [-0.2, -0.15) is 0 Å². The fraction of sp³-hybridized carbons (Fsp3) is 0.533. The van der Waals surface area contributed by atoms with Crippen molar-refractivity contribution in [3.63, 3.8) is 0 Å². The van der Waals surface area contributed by atoms with E-state index in [2.05, 4.69) is 11.4 Å². The van der Waals surface area contributed by atoms with E-state index in [0.717, 1.165) is 16.7 Å². The van der Waals surface area contributed by atoms with Crippen LogP contribution in [0.5, 0.6) is 0 Å². The summed E-state index contributed by atoms with van der Waals surface area (Å²) in [5, 5.41) is 21.8. The van der Waals surface area contributed by atoms with Crippen molar-refractivity contribution in [1.82, 2.24) is 5.32 Å². The van der Waals surface area contributed by atoms with Gasteiger partial charge in [0, 0.05) is 13.1 Å². The molecule has 0 spiro atoms. The smallest absolute Gasteiger partial charge is 0.304 e. The van der Waals surface area contributed by atoms with Crippen molar-refractivity contribution >= 4 is 5.97 Å². The van der Waals surface area contributed by atoms with Gasteiger partial charge in [0.15, 0.2) is 0 Å². The molecule has 1 rings (SSSR count). The van der Waals surface area contributed by atoms with Gasteiger partial charge in [-0.3, -0.25) is 4.79 Å². The summed E-state index contributed by atoms with van der Waals surface area (Å²) in [7, 11) is 0. The van der Waals surface area contributed by atoms with Crippen molar-refractivity contribution in [2.24, 2.45) is 0 Å². The molecule has 1 atom stereocenters. The number of carbonyl (C=O) groups is 1. The summed E-state index contributed by atoms with van der Waals surface area (Å²) in [6, 6.07) is 2.12. The number of hydrogen-bond acceptors (Lipinski definition) is 3. The molecule has 0 aliphatic rings. The Balaban J connectivity index is 2.76. The first kappa shape index (κ1) is 15.7. The number of aliphatic hydroxyl groups excluding tert-OH is 1. The van der Waals surface area contributed by atoms with Crippen molar-refractivity contribution < 1.29 is 15.0 Å². The third-order valence-corrected chi connectivity index (χ3v) is 3.61. The standard InChI is InChI=1S/C15H23NO3/c1-9-7-10(2)12(4)15(11(9)3)13(17)8-16-6-5-14(18)19/h7,13,16-17H,5-6,8H2,1-4H3,(H,18,19). The van der Waals surface area contributed by atoms with E-state index in [-0.39, 0.29) is 6.42 Å². The first-order valence-corrected chi connectivity index (χ1v) is 6.52. The van der Waals surface area contributed by atoms with Crippen LogP contribution in [0, 0.1) is 27.7 Å². The highest BCUT2D eigenvalue weighted by molar-refractivity contribution is 5.66. The molecule has 1 unspecified atom stereocenters. The van der Waals surface area contributed by atoms with Crippen LogP contribution in [0.3, 0.4) is 0 Å². The zero-order chi connectivity index (χ0) is 14.6. The fourth-order valence-corrected chi connectivity index (χ4v) is 2.28.